The van der Waals surface area contributed by atoms with E-state index in [1.807, 2.05) is 6.92 Å². The molecular weight excluding hydrogens is 168 g/mol. The van der Waals surface area contributed by atoms with Gasteiger partial charge in [-0.2, -0.15) is 0 Å². The molecule has 76 valence electrons. The van der Waals surface area contributed by atoms with Crippen molar-refractivity contribution in [2.45, 2.75) is 38.7 Å². The molecule has 1 unspecified atom stereocenters. The summed E-state index contributed by atoms with van der Waals surface area (Å²) < 4.78 is 5.20. The van der Waals surface area contributed by atoms with Crippen molar-refractivity contribution >= 4 is 5.97 Å². The van der Waals surface area contributed by atoms with Crippen molar-refractivity contribution in [1.82, 2.24) is 0 Å². The van der Waals surface area contributed by atoms with Crippen LogP contribution in [0.4, 0.5) is 0 Å². The third-order valence-electron chi connectivity index (χ3n) is 1.70. The topological polar surface area (TPSA) is 46.5 Å². The molecule has 0 fully saturated rings. The zero-order valence-corrected chi connectivity index (χ0v) is 8.16. The van der Waals surface area contributed by atoms with Gasteiger partial charge in [0.05, 0.1) is 0 Å². The normalized spacial score (nSPS) is 12.4. The van der Waals surface area contributed by atoms with Gasteiger partial charge in [0, 0.05) is 6.61 Å². The average Bonchev–Trinajstić information content (AvgIpc) is 2.10. The number of hydrogen-bond donors (Lipinski definition) is 1. The lowest BCUT2D eigenvalue weighted by atomic mass is 10.2. The first-order valence-corrected chi connectivity index (χ1v) is 4.67. The highest BCUT2D eigenvalue weighted by Crippen LogP contribution is 2.03. The SMILES string of the molecule is C=CCCCOC(CCC)C(=O)O. The van der Waals surface area contributed by atoms with Gasteiger partial charge in [0.1, 0.15) is 0 Å². The fourth-order valence-corrected chi connectivity index (χ4v) is 0.994. The highest BCUT2D eigenvalue weighted by Gasteiger charge is 2.15. The second kappa shape index (κ2) is 7.80. The largest absolute Gasteiger partial charge is 0.479 e. The molecule has 0 saturated carbocycles. The molecule has 0 aromatic carbocycles. The Balaban J connectivity index is 3.56. The Morgan fingerprint density at radius 3 is 2.85 bits per heavy atom. The number of aliphatic carboxylic acids is 1. The quantitative estimate of drug-likeness (QED) is 0.467. The summed E-state index contributed by atoms with van der Waals surface area (Å²) in [7, 11) is 0. The molecule has 0 spiro atoms. The van der Waals surface area contributed by atoms with Crippen LogP contribution in [0, 0.1) is 0 Å². The van der Waals surface area contributed by atoms with Crippen LogP contribution in [0.5, 0.6) is 0 Å². The lowest BCUT2D eigenvalue weighted by Crippen LogP contribution is -2.24. The van der Waals surface area contributed by atoms with Gasteiger partial charge in [-0.1, -0.05) is 19.4 Å². The van der Waals surface area contributed by atoms with Crippen LogP contribution in [0.2, 0.25) is 0 Å². The van der Waals surface area contributed by atoms with Crippen molar-refractivity contribution in [3.05, 3.63) is 12.7 Å². The van der Waals surface area contributed by atoms with E-state index in [-0.39, 0.29) is 0 Å². The van der Waals surface area contributed by atoms with Gasteiger partial charge in [-0.05, 0) is 19.3 Å². The predicted molar refractivity (Wildman–Crippen MR) is 51.7 cm³/mol. The molecule has 0 bridgehead atoms. The molecule has 0 radical (unpaired) electrons. The molecule has 1 N–H and O–H groups in total. The van der Waals surface area contributed by atoms with Crippen molar-refractivity contribution < 1.29 is 14.6 Å². The Morgan fingerprint density at radius 2 is 2.38 bits per heavy atom. The summed E-state index contributed by atoms with van der Waals surface area (Å²) in [4.78, 5) is 10.6. The van der Waals surface area contributed by atoms with Crippen LogP contribution in [0.15, 0.2) is 12.7 Å². The Bertz CT molecular complexity index is 154. The average molecular weight is 186 g/mol. The monoisotopic (exact) mass is 186 g/mol. The van der Waals surface area contributed by atoms with E-state index in [0.717, 1.165) is 19.3 Å². The third kappa shape index (κ3) is 6.34. The number of allylic oxidation sites excluding steroid dienone is 1. The first-order valence-electron chi connectivity index (χ1n) is 4.67. The molecule has 3 nitrogen and oxygen atoms in total. The molecule has 13 heavy (non-hydrogen) atoms. The molecule has 0 rings (SSSR count). The van der Waals surface area contributed by atoms with Gasteiger partial charge in [-0.3, -0.25) is 0 Å². The number of carboxylic acid groups (broad SMARTS) is 1. The Morgan fingerprint density at radius 1 is 1.69 bits per heavy atom. The van der Waals surface area contributed by atoms with Gasteiger partial charge in [-0.25, -0.2) is 4.79 Å². The van der Waals surface area contributed by atoms with Gasteiger partial charge in [-0.15, -0.1) is 6.58 Å². The number of carboxylic acids is 1. The van der Waals surface area contributed by atoms with Gasteiger partial charge in [0.2, 0.25) is 0 Å². The fraction of sp³-hybridized carbons (Fsp3) is 0.700. The molecule has 0 aliphatic heterocycles. The summed E-state index contributed by atoms with van der Waals surface area (Å²) in [6, 6.07) is 0. The standard InChI is InChI=1S/C10H18O3/c1-3-5-6-8-13-9(7-4-2)10(11)12/h3,9H,1,4-8H2,2H3,(H,11,12). The van der Waals surface area contributed by atoms with Crippen LogP contribution in [0.3, 0.4) is 0 Å². The van der Waals surface area contributed by atoms with E-state index < -0.39 is 12.1 Å². The van der Waals surface area contributed by atoms with E-state index >= 15 is 0 Å². The van der Waals surface area contributed by atoms with Crippen LogP contribution in [0.1, 0.15) is 32.6 Å². The van der Waals surface area contributed by atoms with Crippen molar-refractivity contribution in [2.75, 3.05) is 6.61 Å². The maximum atomic E-state index is 10.6. The summed E-state index contributed by atoms with van der Waals surface area (Å²) in [6.45, 7) is 6.03. The Hall–Kier alpha value is -0.830. The lowest BCUT2D eigenvalue weighted by Gasteiger charge is -2.11. The first-order chi connectivity index (χ1) is 6.22. The van der Waals surface area contributed by atoms with E-state index in [1.54, 1.807) is 6.08 Å². The Labute approximate surface area is 79.4 Å². The van der Waals surface area contributed by atoms with Crippen LogP contribution in [-0.4, -0.2) is 23.8 Å². The summed E-state index contributed by atoms with van der Waals surface area (Å²) in [5.41, 5.74) is 0. The lowest BCUT2D eigenvalue weighted by molar-refractivity contribution is -0.150. The second-order valence-electron chi connectivity index (χ2n) is 2.92. The van der Waals surface area contributed by atoms with E-state index in [9.17, 15) is 4.79 Å². The van der Waals surface area contributed by atoms with E-state index in [0.29, 0.717) is 13.0 Å². The fourth-order valence-electron chi connectivity index (χ4n) is 0.994. The van der Waals surface area contributed by atoms with Crippen LogP contribution >= 0.6 is 0 Å². The minimum absolute atomic E-state index is 0.503. The molecule has 0 aromatic heterocycles. The minimum Gasteiger partial charge on any atom is -0.479 e. The van der Waals surface area contributed by atoms with Crippen molar-refractivity contribution in [3.63, 3.8) is 0 Å². The molecule has 0 aliphatic rings. The van der Waals surface area contributed by atoms with Crippen molar-refractivity contribution in [2.24, 2.45) is 0 Å². The predicted octanol–water partition coefficient (Wildman–Crippen LogP) is 2.22. The van der Waals surface area contributed by atoms with Crippen LogP contribution in [-0.2, 0) is 9.53 Å². The van der Waals surface area contributed by atoms with Gasteiger partial charge >= 0.3 is 5.97 Å². The molecule has 0 heterocycles. The van der Waals surface area contributed by atoms with Crippen LogP contribution < -0.4 is 0 Å². The van der Waals surface area contributed by atoms with Gasteiger partial charge in [0.15, 0.2) is 6.10 Å². The summed E-state index contributed by atoms with van der Waals surface area (Å²) in [5.74, 6) is -0.861. The number of ether oxygens (including phenoxy) is 1. The summed E-state index contributed by atoms with van der Waals surface area (Å²) in [6.07, 6.45) is 4.31. The van der Waals surface area contributed by atoms with Crippen LogP contribution in [0.25, 0.3) is 0 Å². The van der Waals surface area contributed by atoms with Crippen molar-refractivity contribution in [1.29, 1.82) is 0 Å². The second-order valence-corrected chi connectivity index (χ2v) is 2.92. The molecule has 3 heteroatoms. The molecular formula is C10H18O3. The number of carbonyl (C=O) groups is 1. The molecule has 1 atom stereocenters. The zero-order chi connectivity index (χ0) is 10.1. The van der Waals surface area contributed by atoms with E-state index in [4.69, 9.17) is 9.84 Å². The van der Waals surface area contributed by atoms with E-state index in [1.165, 1.54) is 0 Å². The molecule has 0 saturated heterocycles. The smallest absolute Gasteiger partial charge is 0.332 e. The number of unbranched alkanes of at least 4 members (excludes halogenated alkanes) is 1. The third-order valence-corrected chi connectivity index (χ3v) is 1.70. The Kier molecular flexibility index (Phi) is 7.30. The van der Waals surface area contributed by atoms with Gasteiger partial charge < -0.3 is 9.84 Å². The summed E-state index contributed by atoms with van der Waals surface area (Å²) in [5, 5.41) is 8.72. The number of rotatable bonds is 8. The highest BCUT2D eigenvalue weighted by atomic mass is 16.5. The molecule has 0 aliphatic carbocycles. The maximum Gasteiger partial charge on any atom is 0.332 e. The van der Waals surface area contributed by atoms with Gasteiger partial charge in [0.25, 0.3) is 0 Å². The minimum atomic E-state index is -0.861. The van der Waals surface area contributed by atoms with Crippen molar-refractivity contribution in [3.8, 4) is 0 Å². The number of hydrogen-bond acceptors (Lipinski definition) is 2. The zero-order valence-electron chi connectivity index (χ0n) is 8.16. The maximum absolute atomic E-state index is 10.6. The van der Waals surface area contributed by atoms with E-state index in [2.05, 4.69) is 6.58 Å². The summed E-state index contributed by atoms with van der Waals surface area (Å²) >= 11 is 0. The molecule has 0 aromatic rings. The first kappa shape index (κ1) is 12.2. The molecule has 0 amide bonds. The highest BCUT2D eigenvalue weighted by molar-refractivity contribution is 5.72.